The Morgan fingerprint density at radius 2 is 1.75 bits per heavy atom. The van der Waals surface area contributed by atoms with E-state index in [1.54, 1.807) is 0 Å². The van der Waals surface area contributed by atoms with E-state index >= 15 is 0 Å². The normalized spacial score (nSPS) is 23.0. The third-order valence-corrected chi connectivity index (χ3v) is 4.70. The topological polar surface area (TPSA) is 65.0 Å². The second kappa shape index (κ2) is 6.23. The average molecular weight is 325 g/mol. The number of hydrogen-bond acceptors (Lipinski definition) is 5. The van der Waals surface area contributed by atoms with Gasteiger partial charge in [-0.15, -0.1) is 0 Å². The van der Waals surface area contributed by atoms with Crippen LogP contribution in [0.2, 0.25) is 0 Å². The molecule has 1 aliphatic heterocycles. The SMILES string of the molecule is O=C1OC(c2ccccc2)=NC1=C(OC(=O)C1CCCC1)C1CC1. The Labute approximate surface area is 140 Å². The summed E-state index contributed by atoms with van der Waals surface area (Å²) in [4.78, 5) is 28.9. The number of esters is 2. The number of aliphatic imine (C=N–C) groups is 1. The largest absolute Gasteiger partial charge is 0.428 e. The third-order valence-electron chi connectivity index (χ3n) is 4.70. The lowest BCUT2D eigenvalue weighted by molar-refractivity contribution is -0.144. The zero-order valence-corrected chi connectivity index (χ0v) is 13.4. The van der Waals surface area contributed by atoms with Crippen molar-refractivity contribution in [3.05, 3.63) is 47.4 Å². The molecule has 0 bridgehead atoms. The maximum absolute atomic E-state index is 12.3. The van der Waals surface area contributed by atoms with Gasteiger partial charge in [0.15, 0.2) is 5.70 Å². The van der Waals surface area contributed by atoms with Gasteiger partial charge in [0.05, 0.1) is 5.92 Å². The quantitative estimate of drug-likeness (QED) is 0.484. The van der Waals surface area contributed by atoms with E-state index in [-0.39, 0.29) is 29.4 Å². The van der Waals surface area contributed by atoms with Crippen LogP contribution in [0.4, 0.5) is 0 Å². The Hall–Kier alpha value is -2.43. The molecule has 0 saturated heterocycles. The Morgan fingerprint density at radius 1 is 1.04 bits per heavy atom. The van der Waals surface area contributed by atoms with Gasteiger partial charge in [0.1, 0.15) is 5.76 Å². The number of allylic oxidation sites excluding steroid dienone is 1. The van der Waals surface area contributed by atoms with Gasteiger partial charge in [-0.25, -0.2) is 9.79 Å². The van der Waals surface area contributed by atoms with Crippen molar-refractivity contribution < 1.29 is 19.1 Å². The van der Waals surface area contributed by atoms with E-state index in [0.29, 0.717) is 5.76 Å². The van der Waals surface area contributed by atoms with Crippen LogP contribution in [-0.4, -0.2) is 17.8 Å². The van der Waals surface area contributed by atoms with Crippen LogP contribution in [0.3, 0.4) is 0 Å². The number of benzene rings is 1. The maximum Gasteiger partial charge on any atom is 0.367 e. The molecule has 0 unspecified atom stereocenters. The Bertz CT molecular complexity index is 725. The number of rotatable bonds is 4. The highest BCUT2D eigenvalue weighted by atomic mass is 16.6. The Morgan fingerprint density at radius 3 is 2.42 bits per heavy atom. The molecule has 1 aromatic carbocycles. The van der Waals surface area contributed by atoms with Gasteiger partial charge in [-0.2, -0.15) is 0 Å². The van der Waals surface area contributed by atoms with E-state index in [1.165, 1.54) is 0 Å². The molecule has 2 fully saturated rings. The fraction of sp³-hybridized carbons (Fsp3) is 0.421. The molecule has 0 amide bonds. The highest BCUT2D eigenvalue weighted by Crippen LogP contribution is 2.41. The van der Waals surface area contributed by atoms with Gasteiger partial charge in [0.25, 0.3) is 0 Å². The molecule has 5 heteroatoms. The lowest BCUT2D eigenvalue weighted by atomic mass is 10.1. The molecule has 0 radical (unpaired) electrons. The van der Waals surface area contributed by atoms with E-state index in [9.17, 15) is 9.59 Å². The molecule has 124 valence electrons. The fourth-order valence-corrected chi connectivity index (χ4v) is 3.19. The summed E-state index contributed by atoms with van der Waals surface area (Å²) in [6.45, 7) is 0. The van der Waals surface area contributed by atoms with E-state index < -0.39 is 5.97 Å². The lowest BCUT2D eigenvalue weighted by Crippen LogP contribution is -2.17. The predicted molar refractivity (Wildman–Crippen MR) is 86.9 cm³/mol. The Balaban J connectivity index is 1.62. The van der Waals surface area contributed by atoms with Gasteiger partial charge in [0.2, 0.25) is 5.90 Å². The van der Waals surface area contributed by atoms with Crippen LogP contribution in [0.15, 0.2) is 46.8 Å². The summed E-state index contributed by atoms with van der Waals surface area (Å²) in [6, 6.07) is 9.26. The summed E-state index contributed by atoms with van der Waals surface area (Å²) in [5.41, 5.74) is 0.890. The van der Waals surface area contributed by atoms with Crippen molar-refractivity contribution in [1.82, 2.24) is 0 Å². The number of nitrogens with zero attached hydrogens (tertiary/aromatic N) is 1. The van der Waals surface area contributed by atoms with Gasteiger partial charge in [-0.3, -0.25) is 4.79 Å². The monoisotopic (exact) mass is 325 g/mol. The van der Waals surface area contributed by atoms with Crippen LogP contribution in [0.1, 0.15) is 44.1 Å². The van der Waals surface area contributed by atoms with Gasteiger partial charge in [-0.1, -0.05) is 31.0 Å². The summed E-state index contributed by atoms with van der Waals surface area (Å²) in [6.07, 6.45) is 5.70. The number of ether oxygens (including phenoxy) is 2. The molecule has 0 spiro atoms. The smallest absolute Gasteiger partial charge is 0.367 e. The second-order valence-corrected chi connectivity index (χ2v) is 6.56. The van der Waals surface area contributed by atoms with Crippen LogP contribution in [0.5, 0.6) is 0 Å². The van der Waals surface area contributed by atoms with E-state index in [2.05, 4.69) is 4.99 Å². The Kier molecular flexibility index (Phi) is 3.92. The van der Waals surface area contributed by atoms with Crippen molar-refractivity contribution in [3.63, 3.8) is 0 Å². The van der Waals surface area contributed by atoms with Crippen molar-refractivity contribution in [2.45, 2.75) is 38.5 Å². The van der Waals surface area contributed by atoms with Crippen molar-refractivity contribution in [3.8, 4) is 0 Å². The first-order chi connectivity index (χ1) is 11.7. The summed E-state index contributed by atoms with van der Waals surface area (Å²) >= 11 is 0. The van der Waals surface area contributed by atoms with Crippen LogP contribution in [0, 0.1) is 11.8 Å². The zero-order chi connectivity index (χ0) is 16.5. The molecule has 5 nitrogen and oxygen atoms in total. The number of hydrogen-bond donors (Lipinski definition) is 0. The molecule has 4 rings (SSSR count). The molecule has 2 saturated carbocycles. The summed E-state index contributed by atoms with van der Waals surface area (Å²) in [5, 5.41) is 0. The number of carbonyl (C=O) groups is 2. The summed E-state index contributed by atoms with van der Waals surface area (Å²) in [7, 11) is 0. The standard InChI is InChI=1S/C19H19NO4/c21-18(14-8-4-5-9-14)23-16(12-10-11-12)15-19(22)24-17(20-15)13-6-2-1-3-7-13/h1-3,6-7,12,14H,4-5,8-11H2. The summed E-state index contributed by atoms with van der Waals surface area (Å²) in [5.74, 6) is -0.0207. The molecule has 1 heterocycles. The van der Waals surface area contributed by atoms with Crippen LogP contribution in [-0.2, 0) is 19.1 Å². The average Bonchev–Trinajstić information content (AvgIpc) is 3.14. The molecule has 2 aliphatic carbocycles. The first kappa shape index (κ1) is 15.1. The van der Waals surface area contributed by atoms with Gasteiger partial charge >= 0.3 is 11.9 Å². The van der Waals surface area contributed by atoms with Crippen LogP contribution in [0.25, 0.3) is 0 Å². The predicted octanol–water partition coefficient (Wildman–Crippen LogP) is 3.35. The fourth-order valence-electron chi connectivity index (χ4n) is 3.19. The maximum atomic E-state index is 12.3. The molecular weight excluding hydrogens is 306 g/mol. The number of cyclic esters (lactones) is 1. The molecule has 0 aromatic heterocycles. The first-order valence-electron chi connectivity index (χ1n) is 8.54. The lowest BCUT2D eigenvalue weighted by Gasteiger charge is -2.12. The van der Waals surface area contributed by atoms with E-state index in [4.69, 9.17) is 9.47 Å². The molecular formula is C19H19NO4. The van der Waals surface area contributed by atoms with Crippen LogP contribution < -0.4 is 0 Å². The highest BCUT2D eigenvalue weighted by molar-refractivity contribution is 6.11. The minimum absolute atomic E-state index is 0.0469. The molecule has 0 atom stereocenters. The highest BCUT2D eigenvalue weighted by Gasteiger charge is 2.39. The minimum Gasteiger partial charge on any atom is -0.428 e. The van der Waals surface area contributed by atoms with E-state index in [1.807, 2.05) is 30.3 Å². The molecule has 24 heavy (non-hydrogen) atoms. The first-order valence-corrected chi connectivity index (χ1v) is 8.54. The van der Waals surface area contributed by atoms with Crippen molar-refractivity contribution in [2.75, 3.05) is 0 Å². The van der Waals surface area contributed by atoms with Gasteiger partial charge in [0, 0.05) is 11.5 Å². The second-order valence-electron chi connectivity index (χ2n) is 6.56. The van der Waals surface area contributed by atoms with E-state index in [0.717, 1.165) is 44.1 Å². The van der Waals surface area contributed by atoms with Crippen molar-refractivity contribution in [2.24, 2.45) is 16.8 Å². The summed E-state index contributed by atoms with van der Waals surface area (Å²) < 4.78 is 10.9. The third kappa shape index (κ3) is 2.98. The van der Waals surface area contributed by atoms with Crippen molar-refractivity contribution in [1.29, 1.82) is 0 Å². The molecule has 0 N–H and O–H groups in total. The number of carbonyl (C=O) groups excluding carboxylic acids is 2. The van der Waals surface area contributed by atoms with Crippen molar-refractivity contribution >= 4 is 17.8 Å². The zero-order valence-electron chi connectivity index (χ0n) is 13.4. The molecule has 3 aliphatic rings. The minimum atomic E-state index is -0.532. The van der Waals surface area contributed by atoms with Crippen LogP contribution >= 0.6 is 0 Å². The molecule has 1 aromatic rings. The van der Waals surface area contributed by atoms with Gasteiger partial charge < -0.3 is 9.47 Å². The van der Waals surface area contributed by atoms with Gasteiger partial charge in [-0.05, 0) is 37.8 Å².